The molecule has 2 aromatic carbocycles. The zero-order valence-electron chi connectivity index (χ0n) is 11.7. The standard InChI is InChI=1S/C17H15NO3/c1-21-17(20)13-3-5-15(6-4-13)18-9-8-14-10-12(11-19)2-7-16(14)18/h2-7,10-11H,8-9H2,1H3. The van der Waals surface area contributed by atoms with Crippen molar-refractivity contribution in [2.24, 2.45) is 0 Å². The van der Waals surface area contributed by atoms with Gasteiger partial charge in [-0.1, -0.05) is 0 Å². The van der Waals surface area contributed by atoms with Gasteiger partial charge in [0, 0.05) is 23.5 Å². The molecular formula is C17H15NO3. The SMILES string of the molecule is COC(=O)c1ccc(N2CCc3cc(C=O)ccc32)cc1. The van der Waals surface area contributed by atoms with Crippen molar-refractivity contribution in [2.75, 3.05) is 18.6 Å². The van der Waals surface area contributed by atoms with E-state index in [1.807, 2.05) is 30.3 Å². The van der Waals surface area contributed by atoms with E-state index in [4.69, 9.17) is 4.74 Å². The molecule has 21 heavy (non-hydrogen) atoms. The van der Waals surface area contributed by atoms with Crippen LogP contribution in [0.3, 0.4) is 0 Å². The van der Waals surface area contributed by atoms with E-state index < -0.39 is 0 Å². The zero-order valence-corrected chi connectivity index (χ0v) is 11.7. The maximum atomic E-state index is 11.4. The molecule has 106 valence electrons. The second kappa shape index (κ2) is 5.40. The molecule has 0 amide bonds. The van der Waals surface area contributed by atoms with E-state index in [1.54, 1.807) is 12.1 Å². The average Bonchev–Trinajstić information content (AvgIpc) is 2.97. The van der Waals surface area contributed by atoms with E-state index in [-0.39, 0.29) is 5.97 Å². The molecule has 0 spiro atoms. The van der Waals surface area contributed by atoms with Crippen molar-refractivity contribution >= 4 is 23.6 Å². The number of hydrogen-bond donors (Lipinski definition) is 0. The third-order valence-electron chi connectivity index (χ3n) is 3.74. The quantitative estimate of drug-likeness (QED) is 0.641. The van der Waals surface area contributed by atoms with Gasteiger partial charge in [-0.3, -0.25) is 4.79 Å². The van der Waals surface area contributed by atoms with Gasteiger partial charge in [0.25, 0.3) is 0 Å². The number of rotatable bonds is 3. The molecular weight excluding hydrogens is 266 g/mol. The van der Waals surface area contributed by atoms with Gasteiger partial charge >= 0.3 is 5.97 Å². The molecule has 4 heteroatoms. The molecule has 0 radical (unpaired) electrons. The van der Waals surface area contributed by atoms with E-state index in [0.717, 1.165) is 30.6 Å². The topological polar surface area (TPSA) is 46.6 Å². The van der Waals surface area contributed by atoms with Gasteiger partial charge in [0.05, 0.1) is 12.7 Å². The normalized spacial score (nSPS) is 12.9. The van der Waals surface area contributed by atoms with E-state index >= 15 is 0 Å². The van der Waals surface area contributed by atoms with E-state index in [2.05, 4.69) is 4.90 Å². The minimum absolute atomic E-state index is 0.334. The first kappa shape index (κ1) is 13.4. The lowest BCUT2D eigenvalue weighted by Crippen LogP contribution is -2.13. The van der Waals surface area contributed by atoms with Crippen LogP contribution in [0.4, 0.5) is 11.4 Å². The minimum atomic E-state index is -0.334. The van der Waals surface area contributed by atoms with Gasteiger partial charge < -0.3 is 9.64 Å². The number of ether oxygens (including phenoxy) is 1. The smallest absolute Gasteiger partial charge is 0.337 e. The number of benzene rings is 2. The molecule has 4 nitrogen and oxygen atoms in total. The van der Waals surface area contributed by atoms with Crippen molar-refractivity contribution in [2.45, 2.75) is 6.42 Å². The summed E-state index contributed by atoms with van der Waals surface area (Å²) in [5.41, 5.74) is 4.57. The van der Waals surface area contributed by atoms with Crippen LogP contribution in [-0.4, -0.2) is 25.9 Å². The number of anilines is 2. The number of aldehydes is 1. The lowest BCUT2D eigenvalue weighted by atomic mass is 10.1. The van der Waals surface area contributed by atoms with E-state index in [9.17, 15) is 9.59 Å². The summed E-state index contributed by atoms with van der Waals surface area (Å²) in [5, 5.41) is 0. The summed E-state index contributed by atoms with van der Waals surface area (Å²) in [4.78, 5) is 24.5. The molecule has 1 aliphatic rings. The molecule has 0 atom stereocenters. The Bertz CT molecular complexity index is 692. The predicted molar refractivity (Wildman–Crippen MR) is 80.3 cm³/mol. The Labute approximate surface area is 123 Å². The molecule has 0 unspecified atom stereocenters. The highest BCUT2D eigenvalue weighted by Crippen LogP contribution is 2.34. The van der Waals surface area contributed by atoms with Crippen molar-refractivity contribution in [1.29, 1.82) is 0 Å². The summed E-state index contributed by atoms with van der Waals surface area (Å²) >= 11 is 0. The summed E-state index contributed by atoms with van der Waals surface area (Å²) in [6.45, 7) is 0.870. The first-order valence-corrected chi connectivity index (χ1v) is 6.77. The number of esters is 1. The molecule has 0 bridgehead atoms. The van der Waals surface area contributed by atoms with Crippen LogP contribution in [0.15, 0.2) is 42.5 Å². The lowest BCUT2D eigenvalue weighted by Gasteiger charge is -2.19. The summed E-state index contributed by atoms with van der Waals surface area (Å²) in [7, 11) is 1.37. The summed E-state index contributed by atoms with van der Waals surface area (Å²) in [6.07, 6.45) is 1.78. The van der Waals surface area contributed by atoms with Gasteiger partial charge in [-0.15, -0.1) is 0 Å². The van der Waals surface area contributed by atoms with Crippen LogP contribution in [0.2, 0.25) is 0 Å². The first-order chi connectivity index (χ1) is 10.2. The fraction of sp³-hybridized carbons (Fsp3) is 0.176. The second-order valence-corrected chi connectivity index (χ2v) is 4.95. The highest BCUT2D eigenvalue weighted by molar-refractivity contribution is 5.90. The van der Waals surface area contributed by atoms with Gasteiger partial charge in [-0.25, -0.2) is 4.79 Å². The number of nitrogens with zero attached hydrogens (tertiary/aromatic N) is 1. The van der Waals surface area contributed by atoms with Crippen LogP contribution in [0.25, 0.3) is 0 Å². The van der Waals surface area contributed by atoms with Gasteiger partial charge in [0.2, 0.25) is 0 Å². The van der Waals surface area contributed by atoms with Gasteiger partial charge in [-0.05, 0) is 54.4 Å². The van der Waals surface area contributed by atoms with Crippen LogP contribution in [0.1, 0.15) is 26.3 Å². The van der Waals surface area contributed by atoms with Crippen LogP contribution in [0, 0.1) is 0 Å². The number of fused-ring (bicyclic) bond motifs is 1. The van der Waals surface area contributed by atoms with Gasteiger partial charge in [0.15, 0.2) is 0 Å². The Balaban J connectivity index is 1.90. The predicted octanol–water partition coefficient (Wildman–Crippen LogP) is 2.98. The van der Waals surface area contributed by atoms with Gasteiger partial charge in [-0.2, -0.15) is 0 Å². The van der Waals surface area contributed by atoms with Crippen molar-refractivity contribution in [3.8, 4) is 0 Å². The molecule has 0 aromatic heterocycles. The maximum Gasteiger partial charge on any atom is 0.337 e. The fourth-order valence-electron chi connectivity index (χ4n) is 2.66. The molecule has 2 aromatic rings. The maximum absolute atomic E-state index is 11.4. The Kier molecular flexibility index (Phi) is 3.44. The second-order valence-electron chi connectivity index (χ2n) is 4.95. The van der Waals surface area contributed by atoms with Gasteiger partial charge in [0.1, 0.15) is 6.29 Å². The Morgan fingerprint density at radius 3 is 2.62 bits per heavy atom. The molecule has 0 aliphatic carbocycles. The highest BCUT2D eigenvalue weighted by Gasteiger charge is 2.20. The van der Waals surface area contributed by atoms with Crippen LogP contribution in [-0.2, 0) is 11.2 Å². The Morgan fingerprint density at radius 1 is 1.19 bits per heavy atom. The number of methoxy groups -OCH3 is 1. The lowest BCUT2D eigenvalue weighted by molar-refractivity contribution is 0.0600. The number of carbonyl (C=O) groups is 2. The molecule has 0 saturated heterocycles. The molecule has 0 saturated carbocycles. The molecule has 1 heterocycles. The van der Waals surface area contributed by atoms with Crippen molar-refractivity contribution < 1.29 is 14.3 Å². The Morgan fingerprint density at radius 2 is 1.95 bits per heavy atom. The van der Waals surface area contributed by atoms with E-state index in [0.29, 0.717) is 11.1 Å². The summed E-state index contributed by atoms with van der Waals surface area (Å²) in [5.74, 6) is -0.334. The third-order valence-corrected chi connectivity index (χ3v) is 3.74. The van der Waals surface area contributed by atoms with Crippen molar-refractivity contribution in [1.82, 2.24) is 0 Å². The monoisotopic (exact) mass is 281 g/mol. The fourth-order valence-corrected chi connectivity index (χ4v) is 2.66. The molecule has 3 rings (SSSR count). The van der Waals surface area contributed by atoms with Crippen molar-refractivity contribution in [3.63, 3.8) is 0 Å². The summed E-state index contributed by atoms with van der Waals surface area (Å²) < 4.78 is 4.70. The average molecular weight is 281 g/mol. The van der Waals surface area contributed by atoms with Crippen LogP contribution >= 0.6 is 0 Å². The highest BCUT2D eigenvalue weighted by atomic mass is 16.5. The molecule has 0 fully saturated rings. The van der Waals surface area contributed by atoms with Crippen LogP contribution < -0.4 is 4.90 Å². The summed E-state index contributed by atoms with van der Waals surface area (Å²) in [6, 6.07) is 13.1. The van der Waals surface area contributed by atoms with Crippen LogP contribution in [0.5, 0.6) is 0 Å². The Hall–Kier alpha value is -2.62. The largest absolute Gasteiger partial charge is 0.465 e. The zero-order chi connectivity index (χ0) is 14.8. The molecule has 1 aliphatic heterocycles. The number of hydrogen-bond acceptors (Lipinski definition) is 4. The first-order valence-electron chi connectivity index (χ1n) is 6.77. The number of carbonyl (C=O) groups excluding carboxylic acids is 2. The molecule has 0 N–H and O–H groups in total. The van der Waals surface area contributed by atoms with Crippen molar-refractivity contribution in [3.05, 3.63) is 59.2 Å². The minimum Gasteiger partial charge on any atom is -0.465 e. The third kappa shape index (κ3) is 2.40. The van der Waals surface area contributed by atoms with E-state index in [1.165, 1.54) is 12.7 Å².